The Balaban J connectivity index is 1.36. The molecule has 1 aliphatic heterocycles. The molecule has 2 heterocycles. The summed E-state index contributed by atoms with van der Waals surface area (Å²) < 4.78 is 24.6. The summed E-state index contributed by atoms with van der Waals surface area (Å²) in [6, 6.07) is 13.1. The number of para-hydroxylation sites is 1. The number of nitrogens with zero attached hydrogens (tertiary/aromatic N) is 2. The Morgan fingerprint density at radius 3 is 2.59 bits per heavy atom. The molecule has 7 nitrogen and oxygen atoms in total. The summed E-state index contributed by atoms with van der Waals surface area (Å²) in [6.07, 6.45) is 0. The number of hydrogen-bond acceptors (Lipinski definition) is 6. The van der Waals surface area contributed by atoms with Crippen LogP contribution in [0.15, 0.2) is 57.7 Å². The van der Waals surface area contributed by atoms with Gasteiger partial charge in [-0.2, -0.15) is 0 Å². The fourth-order valence-corrected chi connectivity index (χ4v) is 3.90. The molecule has 4 rings (SSSR count). The molecule has 0 bridgehead atoms. The first-order valence-corrected chi connectivity index (χ1v) is 10.7. The molecule has 0 aliphatic carbocycles. The Morgan fingerprint density at radius 1 is 1.09 bits per heavy atom. The Hall–Kier alpha value is -3.23. The fourth-order valence-electron chi connectivity index (χ4n) is 3.90. The third-order valence-corrected chi connectivity index (χ3v) is 5.48. The molecule has 0 saturated carbocycles. The van der Waals surface area contributed by atoms with Crippen LogP contribution in [0, 0.1) is 5.82 Å². The van der Waals surface area contributed by atoms with Gasteiger partial charge in [-0.1, -0.05) is 12.1 Å². The second kappa shape index (κ2) is 9.93. The van der Waals surface area contributed by atoms with Crippen LogP contribution >= 0.6 is 0 Å². The molecule has 0 radical (unpaired) electrons. The molecule has 8 heteroatoms. The molecule has 1 saturated heterocycles. The maximum Gasteiger partial charge on any atom is 0.336 e. The van der Waals surface area contributed by atoms with Crippen molar-refractivity contribution in [2.45, 2.75) is 13.5 Å². The van der Waals surface area contributed by atoms with E-state index in [-0.39, 0.29) is 23.8 Å². The van der Waals surface area contributed by atoms with Crippen molar-refractivity contribution in [3.05, 3.63) is 70.3 Å². The van der Waals surface area contributed by atoms with Gasteiger partial charge in [0.25, 0.3) is 0 Å². The second-order valence-electron chi connectivity index (χ2n) is 7.76. The summed E-state index contributed by atoms with van der Waals surface area (Å²) in [5.41, 5.74) is 1.25. The molecule has 1 amide bonds. The number of rotatable bonds is 7. The van der Waals surface area contributed by atoms with Gasteiger partial charge in [0.05, 0.1) is 18.8 Å². The molecule has 0 unspecified atom stereocenters. The van der Waals surface area contributed by atoms with Gasteiger partial charge < -0.3 is 14.5 Å². The van der Waals surface area contributed by atoms with Crippen LogP contribution in [0.2, 0.25) is 0 Å². The highest BCUT2D eigenvalue weighted by molar-refractivity contribution is 5.92. The molecule has 168 valence electrons. The number of nitrogens with one attached hydrogen (secondary N) is 1. The number of fused-ring (bicyclic) bond motifs is 1. The van der Waals surface area contributed by atoms with E-state index in [0.717, 1.165) is 29.8 Å². The first-order chi connectivity index (χ1) is 15.5. The number of benzene rings is 2. The topological polar surface area (TPSA) is 75.0 Å². The Bertz CT molecular complexity index is 1160. The minimum atomic E-state index is -0.447. The Kier molecular flexibility index (Phi) is 6.82. The van der Waals surface area contributed by atoms with E-state index in [4.69, 9.17) is 9.15 Å². The van der Waals surface area contributed by atoms with Crippen LogP contribution in [0.25, 0.3) is 11.0 Å². The van der Waals surface area contributed by atoms with Crippen molar-refractivity contribution in [1.29, 1.82) is 0 Å². The molecule has 1 N–H and O–H groups in total. The molecule has 32 heavy (non-hydrogen) atoms. The summed E-state index contributed by atoms with van der Waals surface area (Å²) in [6.45, 7) is 6.20. The van der Waals surface area contributed by atoms with E-state index >= 15 is 0 Å². The van der Waals surface area contributed by atoms with Crippen LogP contribution in [-0.4, -0.2) is 55.0 Å². The third-order valence-electron chi connectivity index (χ3n) is 5.48. The average molecular weight is 439 g/mol. The summed E-state index contributed by atoms with van der Waals surface area (Å²) >= 11 is 0. The lowest BCUT2D eigenvalue weighted by atomic mass is 10.1. The van der Waals surface area contributed by atoms with Crippen molar-refractivity contribution in [2.24, 2.45) is 0 Å². The molecular formula is C24H26FN3O4. The zero-order chi connectivity index (χ0) is 22.5. The molecule has 3 aromatic rings. The molecule has 0 spiro atoms. The smallest absolute Gasteiger partial charge is 0.336 e. The number of halogens is 1. The van der Waals surface area contributed by atoms with Gasteiger partial charge in [0, 0.05) is 44.2 Å². The van der Waals surface area contributed by atoms with Crippen LogP contribution in [-0.2, 0) is 11.3 Å². The quantitative estimate of drug-likeness (QED) is 0.571. The molecule has 0 atom stereocenters. The van der Waals surface area contributed by atoms with Crippen LogP contribution in [0.3, 0.4) is 0 Å². The number of carbonyl (C=O) groups is 1. The van der Waals surface area contributed by atoms with E-state index in [2.05, 4.69) is 10.2 Å². The van der Waals surface area contributed by atoms with Crippen LogP contribution in [0.5, 0.6) is 5.75 Å². The van der Waals surface area contributed by atoms with E-state index < -0.39 is 5.82 Å². The normalized spacial score (nSPS) is 15.1. The predicted octanol–water partition coefficient (Wildman–Crippen LogP) is 3.09. The monoisotopic (exact) mass is 439 g/mol. The fraction of sp³-hybridized carbons (Fsp3) is 0.333. The zero-order valence-corrected chi connectivity index (χ0v) is 18.0. The molecule has 1 fully saturated rings. The summed E-state index contributed by atoms with van der Waals surface area (Å²) in [5, 5.41) is 3.49. The van der Waals surface area contributed by atoms with Crippen LogP contribution in [0.1, 0.15) is 12.5 Å². The molecular weight excluding hydrogens is 413 g/mol. The maximum atomic E-state index is 13.7. The predicted molar refractivity (Wildman–Crippen MR) is 120 cm³/mol. The lowest BCUT2D eigenvalue weighted by Crippen LogP contribution is -2.48. The summed E-state index contributed by atoms with van der Waals surface area (Å²) in [4.78, 5) is 28.6. The highest BCUT2D eigenvalue weighted by atomic mass is 19.1. The summed E-state index contributed by atoms with van der Waals surface area (Å²) in [7, 11) is 0. The van der Waals surface area contributed by atoms with Gasteiger partial charge in [0.1, 0.15) is 17.1 Å². The van der Waals surface area contributed by atoms with E-state index in [1.165, 1.54) is 12.1 Å². The zero-order valence-electron chi connectivity index (χ0n) is 18.0. The van der Waals surface area contributed by atoms with Crippen molar-refractivity contribution in [2.75, 3.05) is 44.6 Å². The maximum absolute atomic E-state index is 13.7. The van der Waals surface area contributed by atoms with E-state index in [9.17, 15) is 14.0 Å². The standard InChI is InChI=1S/C24H26FN3O4/c1-2-31-18-7-8-22-19(14-18)17(13-24(30)32-22)15-27-9-11-28(12-10-27)16-23(29)26-21-6-4-3-5-20(21)25/h3-8,13-14H,2,9-12,15-16H2,1H3,(H,26,29). The second-order valence-corrected chi connectivity index (χ2v) is 7.76. The number of ether oxygens (including phenoxy) is 1. The number of hydrogen-bond donors (Lipinski definition) is 1. The minimum absolute atomic E-state index is 0.192. The van der Waals surface area contributed by atoms with E-state index in [1.807, 2.05) is 17.9 Å². The number of piperazine rings is 1. The first kappa shape index (κ1) is 22.0. The van der Waals surface area contributed by atoms with Gasteiger partial charge in [-0.25, -0.2) is 9.18 Å². The highest BCUT2D eigenvalue weighted by Crippen LogP contribution is 2.24. The van der Waals surface area contributed by atoms with Crippen molar-refractivity contribution in [3.8, 4) is 5.75 Å². The Labute approximate surface area is 185 Å². The molecule has 1 aliphatic rings. The lowest BCUT2D eigenvalue weighted by molar-refractivity contribution is -0.117. The highest BCUT2D eigenvalue weighted by Gasteiger charge is 2.20. The van der Waals surface area contributed by atoms with Gasteiger partial charge in [0.2, 0.25) is 5.91 Å². The van der Waals surface area contributed by atoms with Crippen LogP contribution < -0.4 is 15.7 Å². The van der Waals surface area contributed by atoms with Gasteiger partial charge in [0.15, 0.2) is 0 Å². The average Bonchev–Trinajstić information content (AvgIpc) is 2.77. The summed E-state index contributed by atoms with van der Waals surface area (Å²) in [5.74, 6) is 0.0529. The van der Waals surface area contributed by atoms with Gasteiger partial charge in [-0.3, -0.25) is 14.6 Å². The van der Waals surface area contributed by atoms with E-state index in [1.54, 1.807) is 30.3 Å². The minimum Gasteiger partial charge on any atom is -0.494 e. The van der Waals surface area contributed by atoms with Crippen LogP contribution in [0.4, 0.5) is 10.1 Å². The number of carbonyl (C=O) groups excluding carboxylic acids is 1. The van der Waals surface area contributed by atoms with Crippen molar-refractivity contribution in [3.63, 3.8) is 0 Å². The third kappa shape index (κ3) is 5.33. The van der Waals surface area contributed by atoms with Gasteiger partial charge in [-0.05, 0) is 42.8 Å². The Morgan fingerprint density at radius 2 is 1.84 bits per heavy atom. The van der Waals surface area contributed by atoms with Crippen molar-refractivity contribution >= 4 is 22.6 Å². The van der Waals surface area contributed by atoms with E-state index in [0.29, 0.717) is 31.8 Å². The lowest BCUT2D eigenvalue weighted by Gasteiger charge is -2.34. The van der Waals surface area contributed by atoms with Gasteiger partial charge in [-0.15, -0.1) is 0 Å². The SMILES string of the molecule is CCOc1ccc2oc(=O)cc(CN3CCN(CC(=O)Nc4ccccc4F)CC3)c2c1. The first-order valence-electron chi connectivity index (χ1n) is 10.7. The largest absolute Gasteiger partial charge is 0.494 e. The molecule has 2 aromatic carbocycles. The molecule has 1 aromatic heterocycles. The van der Waals surface area contributed by atoms with Gasteiger partial charge >= 0.3 is 5.63 Å². The van der Waals surface area contributed by atoms with Crippen molar-refractivity contribution in [1.82, 2.24) is 9.80 Å². The van der Waals surface area contributed by atoms with Crippen molar-refractivity contribution < 1.29 is 18.3 Å². The number of amides is 1. The number of anilines is 1.